The van der Waals surface area contributed by atoms with Crippen LogP contribution in [-0.4, -0.2) is 17.9 Å². The molecule has 0 radical (unpaired) electrons. The van der Waals surface area contributed by atoms with Crippen molar-refractivity contribution in [2.24, 2.45) is 11.7 Å². The van der Waals surface area contributed by atoms with Gasteiger partial charge < -0.3 is 16.4 Å². The molecule has 0 heterocycles. The molecule has 1 saturated carbocycles. The van der Waals surface area contributed by atoms with Gasteiger partial charge in [-0.2, -0.15) is 0 Å². The summed E-state index contributed by atoms with van der Waals surface area (Å²) in [4.78, 5) is 23.2. The molecule has 0 bridgehead atoms. The van der Waals surface area contributed by atoms with Crippen molar-refractivity contribution in [2.45, 2.75) is 45.2 Å². The number of amides is 2. The summed E-state index contributed by atoms with van der Waals surface area (Å²) in [5.74, 6) is 0.319. The first kappa shape index (κ1) is 15.5. The van der Waals surface area contributed by atoms with Crippen molar-refractivity contribution in [3.8, 4) is 0 Å². The summed E-state index contributed by atoms with van der Waals surface area (Å²) in [7, 11) is 0. The third-order valence-corrected chi connectivity index (χ3v) is 3.49. The zero-order valence-corrected chi connectivity index (χ0v) is 12.4. The Kier molecular flexibility index (Phi) is 5.33. The van der Waals surface area contributed by atoms with Gasteiger partial charge in [0.05, 0.1) is 0 Å². The van der Waals surface area contributed by atoms with E-state index in [4.69, 9.17) is 5.73 Å². The number of hydrogen-bond acceptors (Lipinski definition) is 3. The minimum Gasteiger partial charge on any atom is -0.352 e. The summed E-state index contributed by atoms with van der Waals surface area (Å²) in [6.07, 6.45) is 3.14. The minimum absolute atomic E-state index is 0.0124. The number of nitrogens with two attached hydrogens (primary N) is 1. The van der Waals surface area contributed by atoms with Gasteiger partial charge in [-0.25, -0.2) is 0 Å². The van der Waals surface area contributed by atoms with E-state index in [-0.39, 0.29) is 23.8 Å². The van der Waals surface area contributed by atoms with E-state index in [9.17, 15) is 9.59 Å². The van der Waals surface area contributed by atoms with Gasteiger partial charge in [0.2, 0.25) is 11.8 Å². The summed E-state index contributed by atoms with van der Waals surface area (Å²) >= 11 is 0. The third-order valence-electron chi connectivity index (χ3n) is 3.49. The smallest absolute Gasteiger partial charge is 0.227 e. The topological polar surface area (TPSA) is 84.2 Å². The monoisotopic (exact) mass is 289 g/mol. The van der Waals surface area contributed by atoms with Gasteiger partial charge in [-0.05, 0) is 43.9 Å². The highest BCUT2D eigenvalue weighted by molar-refractivity contribution is 5.94. The Bertz CT molecular complexity index is 493. The molecular weight excluding hydrogens is 266 g/mol. The number of anilines is 1. The van der Waals surface area contributed by atoms with Gasteiger partial charge in [0, 0.05) is 30.6 Å². The van der Waals surface area contributed by atoms with Gasteiger partial charge >= 0.3 is 0 Å². The number of carbonyl (C=O) groups excluding carboxylic acids is 2. The van der Waals surface area contributed by atoms with Gasteiger partial charge in [-0.15, -0.1) is 0 Å². The van der Waals surface area contributed by atoms with E-state index in [0.29, 0.717) is 19.4 Å². The van der Waals surface area contributed by atoms with Crippen LogP contribution < -0.4 is 16.4 Å². The Hall–Kier alpha value is -1.88. The van der Waals surface area contributed by atoms with Crippen LogP contribution in [0, 0.1) is 5.92 Å². The summed E-state index contributed by atoms with van der Waals surface area (Å²) in [5, 5.41) is 5.75. The van der Waals surface area contributed by atoms with Crippen LogP contribution in [0.4, 0.5) is 5.69 Å². The fourth-order valence-corrected chi connectivity index (χ4v) is 1.94. The quantitative estimate of drug-likeness (QED) is 0.715. The van der Waals surface area contributed by atoms with Crippen molar-refractivity contribution in [1.29, 1.82) is 0 Å². The first-order valence-electron chi connectivity index (χ1n) is 7.46. The molecule has 2 rings (SSSR count). The molecule has 1 fully saturated rings. The Labute approximate surface area is 125 Å². The van der Waals surface area contributed by atoms with Crippen molar-refractivity contribution >= 4 is 17.5 Å². The van der Waals surface area contributed by atoms with Crippen LogP contribution in [0.5, 0.6) is 0 Å². The predicted molar refractivity (Wildman–Crippen MR) is 82.5 cm³/mol. The Balaban J connectivity index is 1.74. The SMILES string of the molecule is CC(N)CCC(=O)NCc1ccc(NC(=O)C2CC2)cc1. The fourth-order valence-electron chi connectivity index (χ4n) is 1.94. The molecule has 1 atom stereocenters. The van der Waals surface area contributed by atoms with Crippen LogP contribution in [0.25, 0.3) is 0 Å². The van der Waals surface area contributed by atoms with E-state index < -0.39 is 0 Å². The summed E-state index contributed by atoms with van der Waals surface area (Å²) in [6, 6.07) is 7.60. The number of benzene rings is 1. The molecule has 0 saturated heterocycles. The predicted octanol–water partition coefficient (Wildman–Crippen LogP) is 1.78. The summed E-state index contributed by atoms with van der Waals surface area (Å²) in [6.45, 7) is 2.39. The maximum Gasteiger partial charge on any atom is 0.227 e. The molecular formula is C16H23N3O2. The van der Waals surface area contributed by atoms with E-state index in [1.165, 1.54) is 0 Å². The molecule has 114 valence electrons. The number of nitrogens with one attached hydrogen (secondary N) is 2. The largest absolute Gasteiger partial charge is 0.352 e. The summed E-state index contributed by atoms with van der Waals surface area (Å²) in [5.41, 5.74) is 7.43. The molecule has 1 aromatic carbocycles. The van der Waals surface area contributed by atoms with Crippen LogP contribution in [0.15, 0.2) is 24.3 Å². The molecule has 1 unspecified atom stereocenters. The molecule has 5 heteroatoms. The maximum absolute atomic E-state index is 11.6. The van der Waals surface area contributed by atoms with Crippen LogP contribution in [0.2, 0.25) is 0 Å². The summed E-state index contributed by atoms with van der Waals surface area (Å²) < 4.78 is 0. The molecule has 1 aromatic rings. The second-order valence-corrected chi connectivity index (χ2v) is 5.75. The minimum atomic E-state index is 0.0124. The Morgan fingerprint density at radius 3 is 2.52 bits per heavy atom. The molecule has 0 aromatic heterocycles. The van der Waals surface area contributed by atoms with Gasteiger partial charge in [-0.3, -0.25) is 9.59 Å². The van der Waals surface area contributed by atoms with Crippen LogP contribution in [0.3, 0.4) is 0 Å². The van der Waals surface area contributed by atoms with Crippen molar-refractivity contribution in [3.63, 3.8) is 0 Å². The first-order chi connectivity index (χ1) is 10.0. The van der Waals surface area contributed by atoms with E-state index in [1.807, 2.05) is 31.2 Å². The van der Waals surface area contributed by atoms with Crippen LogP contribution in [-0.2, 0) is 16.1 Å². The van der Waals surface area contributed by atoms with Gasteiger partial charge in [0.25, 0.3) is 0 Å². The van der Waals surface area contributed by atoms with Crippen molar-refractivity contribution in [3.05, 3.63) is 29.8 Å². The Morgan fingerprint density at radius 1 is 1.29 bits per heavy atom. The van der Waals surface area contributed by atoms with Crippen LogP contribution >= 0.6 is 0 Å². The zero-order chi connectivity index (χ0) is 15.2. The van der Waals surface area contributed by atoms with Gasteiger partial charge in [0.1, 0.15) is 0 Å². The molecule has 2 amide bonds. The highest BCUT2D eigenvalue weighted by Gasteiger charge is 2.29. The lowest BCUT2D eigenvalue weighted by Gasteiger charge is -2.08. The maximum atomic E-state index is 11.6. The normalized spacial score (nSPS) is 15.3. The molecule has 21 heavy (non-hydrogen) atoms. The highest BCUT2D eigenvalue weighted by Crippen LogP contribution is 2.30. The van der Waals surface area contributed by atoms with Gasteiger partial charge in [-0.1, -0.05) is 12.1 Å². The van der Waals surface area contributed by atoms with Crippen LogP contribution in [0.1, 0.15) is 38.2 Å². The molecule has 1 aliphatic carbocycles. The number of hydrogen-bond donors (Lipinski definition) is 3. The fraction of sp³-hybridized carbons (Fsp3) is 0.500. The van der Waals surface area contributed by atoms with Crippen molar-refractivity contribution in [2.75, 3.05) is 5.32 Å². The molecule has 0 spiro atoms. The highest BCUT2D eigenvalue weighted by atomic mass is 16.2. The average Bonchev–Trinajstić information content (AvgIpc) is 3.29. The van der Waals surface area contributed by atoms with E-state index in [2.05, 4.69) is 10.6 Å². The van der Waals surface area contributed by atoms with E-state index in [1.54, 1.807) is 0 Å². The molecule has 0 aliphatic heterocycles. The number of carbonyl (C=O) groups is 2. The lowest BCUT2D eigenvalue weighted by Crippen LogP contribution is -2.25. The second kappa shape index (κ2) is 7.22. The standard InChI is InChI=1S/C16H23N3O2/c1-11(17)2-9-15(20)18-10-12-3-7-14(8-4-12)19-16(21)13-5-6-13/h3-4,7-8,11,13H,2,5-6,9-10,17H2,1H3,(H,18,20)(H,19,21). The van der Waals surface area contributed by atoms with Crippen molar-refractivity contribution in [1.82, 2.24) is 5.32 Å². The molecule has 4 N–H and O–H groups in total. The van der Waals surface area contributed by atoms with E-state index >= 15 is 0 Å². The average molecular weight is 289 g/mol. The third kappa shape index (κ3) is 5.55. The number of rotatable bonds is 7. The van der Waals surface area contributed by atoms with E-state index in [0.717, 1.165) is 24.1 Å². The van der Waals surface area contributed by atoms with Gasteiger partial charge in [0.15, 0.2) is 0 Å². The zero-order valence-electron chi connectivity index (χ0n) is 12.4. The second-order valence-electron chi connectivity index (χ2n) is 5.75. The lowest BCUT2D eigenvalue weighted by molar-refractivity contribution is -0.121. The lowest BCUT2D eigenvalue weighted by atomic mass is 10.1. The Morgan fingerprint density at radius 2 is 1.95 bits per heavy atom. The first-order valence-corrected chi connectivity index (χ1v) is 7.46. The molecule has 5 nitrogen and oxygen atoms in total. The molecule has 1 aliphatic rings. The van der Waals surface area contributed by atoms with Crippen molar-refractivity contribution < 1.29 is 9.59 Å².